The summed E-state index contributed by atoms with van der Waals surface area (Å²) in [5, 5.41) is 13.4. The molecule has 1 amide bonds. The van der Waals surface area contributed by atoms with Crippen molar-refractivity contribution in [2.24, 2.45) is 0 Å². The van der Waals surface area contributed by atoms with E-state index in [9.17, 15) is 4.79 Å². The maximum absolute atomic E-state index is 12.3. The van der Waals surface area contributed by atoms with Crippen molar-refractivity contribution in [2.75, 3.05) is 25.6 Å². The first-order valence-electron chi connectivity index (χ1n) is 8.57. The first-order chi connectivity index (χ1) is 12.2. The van der Waals surface area contributed by atoms with Gasteiger partial charge in [-0.3, -0.25) is 9.89 Å². The summed E-state index contributed by atoms with van der Waals surface area (Å²) < 4.78 is 10.9. The molecule has 0 unspecified atom stereocenters. The van der Waals surface area contributed by atoms with Crippen molar-refractivity contribution in [2.45, 2.75) is 32.7 Å². The van der Waals surface area contributed by atoms with Gasteiger partial charge in [-0.25, -0.2) is 0 Å². The minimum Gasteiger partial charge on any atom is -0.493 e. The van der Waals surface area contributed by atoms with Gasteiger partial charge in [-0.1, -0.05) is 6.07 Å². The molecule has 3 N–H and O–H groups in total. The van der Waals surface area contributed by atoms with Gasteiger partial charge in [-0.05, 0) is 31.0 Å². The lowest BCUT2D eigenvalue weighted by atomic mass is 10.1. The van der Waals surface area contributed by atoms with Gasteiger partial charge in [-0.2, -0.15) is 5.10 Å². The smallest absolute Gasteiger partial charge is 0.225 e. The van der Waals surface area contributed by atoms with E-state index in [0.717, 1.165) is 36.3 Å². The number of amides is 1. The van der Waals surface area contributed by atoms with Gasteiger partial charge in [0.25, 0.3) is 0 Å². The van der Waals surface area contributed by atoms with Crippen LogP contribution in [0, 0.1) is 0 Å². The molecule has 0 fully saturated rings. The van der Waals surface area contributed by atoms with Crippen LogP contribution in [0.2, 0.25) is 0 Å². The fraction of sp³-hybridized carbons (Fsp3) is 0.444. The lowest BCUT2D eigenvalue weighted by Crippen LogP contribution is -2.24. The second kappa shape index (κ2) is 8.02. The molecule has 2 aromatic rings. The van der Waals surface area contributed by atoms with Crippen molar-refractivity contribution in [3.63, 3.8) is 0 Å². The molecule has 0 atom stereocenters. The van der Waals surface area contributed by atoms with Gasteiger partial charge < -0.3 is 20.1 Å². The highest BCUT2D eigenvalue weighted by atomic mass is 16.5. The Morgan fingerprint density at radius 1 is 1.36 bits per heavy atom. The predicted octanol–water partition coefficient (Wildman–Crippen LogP) is 2.03. The topological polar surface area (TPSA) is 88.3 Å². The van der Waals surface area contributed by atoms with Crippen molar-refractivity contribution in [1.82, 2.24) is 15.5 Å². The molecular weight excluding hydrogens is 320 g/mol. The van der Waals surface area contributed by atoms with Crippen LogP contribution in [-0.2, 0) is 24.2 Å². The van der Waals surface area contributed by atoms with Crippen molar-refractivity contribution >= 4 is 11.7 Å². The predicted molar refractivity (Wildman–Crippen MR) is 95.1 cm³/mol. The number of hydrogen-bond acceptors (Lipinski definition) is 5. The molecule has 1 aromatic heterocycles. The average molecular weight is 344 g/mol. The Kier molecular flexibility index (Phi) is 5.55. The van der Waals surface area contributed by atoms with Crippen LogP contribution in [0.25, 0.3) is 0 Å². The molecule has 7 heteroatoms. The number of carbonyl (C=O) groups excluding carboxylic acids is 1. The summed E-state index contributed by atoms with van der Waals surface area (Å²) in [6, 6.07) is 5.76. The number of aromatic amines is 1. The highest BCUT2D eigenvalue weighted by molar-refractivity contribution is 5.90. The molecule has 0 radical (unpaired) electrons. The Balaban J connectivity index is 1.58. The maximum Gasteiger partial charge on any atom is 0.225 e. The average Bonchev–Trinajstić information content (AvgIpc) is 3.04. The van der Waals surface area contributed by atoms with Crippen LogP contribution >= 0.6 is 0 Å². The summed E-state index contributed by atoms with van der Waals surface area (Å²) in [7, 11) is 1.61. The van der Waals surface area contributed by atoms with E-state index >= 15 is 0 Å². The number of aromatic nitrogens is 2. The van der Waals surface area contributed by atoms with Gasteiger partial charge >= 0.3 is 0 Å². The van der Waals surface area contributed by atoms with Crippen LogP contribution in [0.5, 0.6) is 11.5 Å². The summed E-state index contributed by atoms with van der Waals surface area (Å²) in [4.78, 5) is 12.3. The number of rotatable bonds is 7. The van der Waals surface area contributed by atoms with Crippen molar-refractivity contribution in [3.05, 3.63) is 35.0 Å². The number of hydrogen-bond donors (Lipinski definition) is 3. The molecule has 0 saturated heterocycles. The molecule has 3 rings (SSSR count). The number of carbonyl (C=O) groups is 1. The van der Waals surface area contributed by atoms with Gasteiger partial charge in [0.05, 0.1) is 13.7 Å². The second-order valence-electron chi connectivity index (χ2n) is 5.92. The molecule has 7 nitrogen and oxygen atoms in total. The number of nitrogens with one attached hydrogen (secondary N) is 3. The third-order valence-electron chi connectivity index (χ3n) is 4.23. The van der Waals surface area contributed by atoms with Gasteiger partial charge in [0.2, 0.25) is 5.91 Å². The van der Waals surface area contributed by atoms with Gasteiger partial charge in [0.1, 0.15) is 0 Å². The van der Waals surface area contributed by atoms with Crippen LogP contribution in [0.3, 0.4) is 0 Å². The molecule has 0 saturated carbocycles. The highest BCUT2D eigenvalue weighted by Crippen LogP contribution is 2.28. The second-order valence-corrected chi connectivity index (χ2v) is 5.92. The van der Waals surface area contributed by atoms with Crippen molar-refractivity contribution < 1.29 is 14.3 Å². The minimum absolute atomic E-state index is 0.0484. The van der Waals surface area contributed by atoms with E-state index < -0.39 is 0 Å². The van der Waals surface area contributed by atoms with E-state index in [2.05, 4.69) is 20.8 Å². The lowest BCUT2D eigenvalue weighted by Gasteiger charge is -2.13. The largest absolute Gasteiger partial charge is 0.493 e. The fourth-order valence-electron chi connectivity index (χ4n) is 2.92. The Hall–Kier alpha value is -2.54. The number of fused-ring (bicyclic) bond motifs is 1. The van der Waals surface area contributed by atoms with Gasteiger partial charge in [-0.15, -0.1) is 0 Å². The number of anilines is 1. The Bertz CT molecular complexity index is 742. The summed E-state index contributed by atoms with van der Waals surface area (Å²) in [5.41, 5.74) is 3.19. The summed E-state index contributed by atoms with van der Waals surface area (Å²) in [6.07, 6.45) is 1.91. The SMILES string of the molecule is CCOc1ccc(CCC(=O)Nc2n[nH]c3c2CNCC3)cc1OC. The quantitative estimate of drug-likeness (QED) is 0.715. The van der Waals surface area contributed by atoms with E-state index in [1.807, 2.05) is 25.1 Å². The molecule has 0 aliphatic carbocycles. The summed E-state index contributed by atoms with van der Waals surface area (Å²) >= 11 is 0. The number of aryl methyl sites for hydroxylation is 1. The zero-order chi connectivity index (χ0) is 17.6. The Morgan fingerprint density at radius 2 is 2.24 bits per heavy atom. The van der Waals surface area contributed by atoms with Gasteiger partial charge in [0, 0.05) is 37.2 Å². The van der Waals surface area contributed by atoms with E-state index in [1.165, 1.54) is 0 Å². The van der Waals surface area contributed by atoms with E-state index in [0.29, 0.717) is 36.8 Å². The summed E-state index contributed by atoms with van der Waals surface area (Å²) in [5.74, 6) is 1.99. The van der Waals surface area contributed by atoms with Crippen LogP contribution in [0.15, 0.2) is 18.2 Å². The first-order valence-corrected chi connectivity index (χ1v) is 8.57. The molecule has 2 heterocycles. The lowest BCUT2D eigenvalue weighted by molar-refractivity contribution is -0.116. The fourth-order valence-corrected chi connectivity index (χ4v) is 2.92. The third kappa shape index (κ3) is 4.11. The van der Waals surface area contributed by atoms with Crippen molar-refractivity contribution in [1.29, 1.82) is 0 Å². The standard InChI is InChI=1S/C18H24N4O3/c1-3-25-15-6-4-12(10-16(15)24-2)5-7-17(23)20-18-13-11-19-9-8-14(13)21-22-18/h4,6,10,19H,3,5,7-9,11H2,1-2H3,(H2,20,21,22,23). The highest BCUT2D eigenvalue weighted by Gasteiger charge is 2.18. The first kappa shape index (κ1) is 17.3. The number of H-pyrrole nitrogens is 1. The number of ether oxygens (including phenoxy) is 2. The molecule has 134 valence electrons. The molecule has 1 aromatic carbocycles. The zero-order valence-electron chi connectivity index (χ0n) is 14.6. The summed E-state index contributed by atoms with van der Waals surface area (Å²) in [6.45, 7) is 4.18. The van der Waals surface area contributed by atoms with Crippen LogP contribution in [-0.4, -0.2) is 36.4 Å². The van der Waals surface area contributed by atoms with E-state index in [4.69, 9.17) is 9.47 Å². The number of methoxy groups -OCH3 is 1. The Morgan fingerprint density at radius 3 is 3.04 bits per heavy atom. The molecule has 1 aliphatic heterocycles. The minimum atomic E-state index is -0.0484. The number of nitrogens with zero attached hydrogens (tertiary/aromatic N) is 1. The maximum atomic E-state index is 12.3. The third-order valence-corrected chi connectivity index (χ3v) is 4.23. The van der Waals surface area contributed by atoms with E-state index in [-0.39, 0.29) is 5.91 Å². The monoisotopic (exact) mass is 344 g/mol. The van der Waals surface area contributed by atoms with Crippen LogP contribution in [0.4, 0.5) is 5.82 Å². The Labute approximate surface area is 147 Å². The molecule has 25 heavy (non-hydrogen) atoms. The molecule has 0 spiro atoms. The molecule has 0 bridgehead atoms. The van der Waals surface area contributed by atoms with Crippen molar-refractivity contribution in [3.8, 4) is 11.5 Å². The molecule has 1 aliphatic rings. The van der Waals surface area contributed by atoms with Gasteiger partial charge in [0.15, 0.2) is 17.3 Å². The van der Waals surface area contributed by atoms with Crippen LogP contribution < -0.4 is 20.1 Å². The van der Waals surface area contributed by atoms with Crippen LogP contribution in [0.1, 0.15) is 30.2 Å². The zero-order valence-corrected chi connectivity index (χ0v) is 14.6. The normalized spacial score (nSPS) is 13.2. The van der Waals surface area contributed by atoms with E-state index in [1.54, 1.807) is 7.11 Å². The number of benzene rings is 1. The molecular formula is C18H24N4O3.